The number of nitrogens with one attached hydrogen (secondary N) is 1. The molecule has 112 valence electrons. The zero-order valence-electron chi connectivity index (χ0n) is 11.8. The van der Waals surface area contributed by atoms with Crippen LogP contribution >= 0.6 is 0 Å². The monoisotopic (exact) mass is 290 g/mol. The molecule has 1 saturated heterocycles. The number of amides is 1. The predicted octanol–water partition coefficient (Wildman–Crippen LogP) is 0.737. The van der Waals surface area contributed by atoms with Crippen LogP contribution in [-0.4, -0.2) is 36.5 Å². The van der Waals surface area contributed by atoms with Crippen LogP contribution in [0.5, 0.6) is 0 Å². The SMILES string of the molecule is N#Cc1cc(F)cc(CN(CC(N)=O)C2CCNCC2)c1. The van der Waals surface area contributed by atoms with Crippen molar-refractivity contribution < 1.29 is 9.18 Å². The van der Waals surface area contributed by atoms with Gasteiger partial charge in [0, 0.05) is 12.6 Å². The zero-order chi connectivity index (χ0) is 15.2. The molecule has 5 nitrogen and oxygen atoms in total. The summed E-state index contributed by atoms with van der Waals surface area (Å²) < 4.78 is 13.5. The Morgan fingerprint density at radius 2 is 2.14 bits per heavy atom. The van der Waals surface area contributed by atoms with Gasteiger partial charge < -0.3 is 11.1 Å². The molecule has 1 aliphatic rings. The van der Waals surface area contributed by atoms with Crippen molar-refractivity contribution in [3.63, 3.8) is 0 Å². The molecule has 6 heteroatoms. The third-order valence-corrected chi connectivity index (χ3v) is 3.66. The number of primary amides is 1. The van der Waals surface area contributed by atoms with Crippen molar-refractivity contribution in [1.82, 2.24) is 10.2 Å². The highest BCUT2D eigenvalue weighted by atomic mass is 19.1. The van der Waals surface area contributed by atoms with E-state index in [-0.39, 0.29) is 18.2 Å². The highest BCUT2D eigenvalue weighted by Crippen LogP contribution is 2.17. The average Bonchev–Trinajstić information content (AvgIpc) is 2.46. The molecule has 0 bridgehead atoms. The number of carbonyl (C=O) groups is 1. The van der Waals surface area contributed by atoms with Crippen LogP contribution in [0.4, 0.5) is 4.39 Å². The highest BCUT2D eigenvalue weighted by molar-refractivity contribution is 5.76. The Balaban J connectivity index is 2.15. The van der Waals surface area contributed by atoms with Gasteiger partial charge >= 0.3 is 0 Å². The highest BCUT2D eigenvalue weighted by Gasteiger charge is 2.22. The lowest BCUT2D eigenvalue weighted by Gasteiger charge is -2.33. The first-order valence-corrected chi connectivity index (χ1v) is 7.01. The van der Waals surface area contributed by atoms with Crippen LogP contribution in [0.25, 0.3) is 0 Å². The topological polar surface area (TPSA) is 82.2 Å². The van der Waals surface area contributed by atoms with E-state index in [2.05, 4.69) is 5.32 Å². The summed E-state index contributed by atoms with van der Waals surface area (Å²) in [5.74, 6) is -0.834. The fraction of sp³-hybridized carbons (Fsp3) is 0.467. The molecule has 0 atom stereocenters. The molecule has 1 aliphatic heterocycles. The second-order valence-electron chi connectivity index (χ2n) is 5.31. The van der Waals surface area contributed by atoms with E-state index in [0.29, 0.717) is 12.1 Å². The summed E-state index contributed by atoms with van der Waals surface area (Å²) >= 11 is 0. The van der Waals surface area contributed by atoms with Gasteiger partial charge in [-0.25, -0.2) is 4.39 Å². The molecular formula is C15H19FN4O. The first kappa shape index (κ1) is 15.4. The third kappa shape index (κ3) is 4.52. The van der Waals surface area contributed by atoms with E-state index in [1.54, 1.807) is 6.07 Å². The van der Waals surface area contributed by atoms with Crippen molar-refractivity contribution in [3.8, 4) is 6.07 Å². The van der Waals surface area contributed by atoms with Crippen molar-refractivity contribution in [2.45, 2.75) is 25.4 Å². The van der Waals surface area contributed by atoms with E-state index in [1.807, 2.05) is 11.0 Å². The average molecular weight is 290 g/mol. The zero-order valence-corrected chi connectivity index (χ0v) is 11.8. The molecule has 0 aromatic heterocycles. The number of halogens is 1. The molecule has 21 heavy (non-hydrogen) atoms. The van der Waals surface area contributed by atoms with Crippen molar-refractivity contribution in [2.75, 3.05) is 19.6 Å². The molecule has 2 rings (SSSR count). The first-order chi connectivity index (χ1) is 10.1. The molecule has 1 aromatic rings. The third-order valence-electron chi connectivity index (χ3n) is 3.66. The second kappa shape index (κ2) is 7.16. The summed E-state index contributed by atoms with van der Waals surface area (Å²) in [5.41, 5.74) is 6.29. The number of benzene rings is 1. The first-order valence-electron chi connectivity index (χ1n) is 7.01. The number of hydrogen-bond donors (Lipinski definition) is 2. The standard InChI is InChI=1S/C15H19FN4O/c16-13-6-11(8-17)5-12(7-13)9-20(10-15(18)21)14-1-3-19-4-2-14/h5-7,14,19H,1-4,9-10H2,(H2,18,21). The van der Waals surface area contributed by atoms with Gasteiger partial charge in [0.2, 0.25) is 5.91 Å². The van der Waals surface area contributed by atoms with E-state index in [4.69, 9.17) is 11.0 Å². The summed E-state index contributed by atoms with van der Waals surface area (Å²) in [5, 5.41) is 12.2. The maximum absolute atomic E-state index is 13.5. The van der Waals surface area contributed by atoms with Gasteiger partial charge in [0.25, 0.3) is 0 Å². The minimum atomic E-state index is -0.437. The minimum absolute atomic E-state index is 0.142. The molecule has 0 spiro atoms. The molecule has 0 saturated carbocycles. The summed E-state index contributed by atoms with van der Waals surface area (Å²) in [6.07, 6.45) is 1.85. The van der Waals surface area contributed by atoms with Gasteiger partial charge in [-0.3, -0.25) is 9.69 Å². The van der Waals surface area contributed by atoms with Crippen molar-refractivity contribution >= 4 is 5.91 Å². The smallest absolute Gasteiger partial charge is 0.231 e. The fourth-order valence-corrected chi connectivity index (χ4v) is 2.73. The van der Waals surface area contributed by atoms with Gasteiger partial charge in [0.15, 0.2) is 0 Å². The largest absolute Gasteiger partial charge is 0.369 e. The quantitative estimate of drug-likeness (QED) is 0.838. The maximum Gasteiger partial charge on any atom is 0.231 e. The Labute approximate surface area is 123 Å². The van der Waals surface area contributed by atoms with Gasteiger partial charge in [0.05, 0.1) is 18.2 Å². The Kier molecular flexibility index (Phi) is 5.26. The van der Waals surface area contributed by atoms with Crippen LogP contribution in [0.3, 0.4) is 0 Å². The van der Waals surface area contributed by atoms with Gasteiger partial charge in [-0.1, -0.05) is 0 Å². The van der Waals surface area contributed by atoms with Gasteiger partial charge in [-0.05, 0) is 49.7 Å². The molecule has 1 aromatic carbocycles. The van der Waals surface area contributed by atoms with Crippen LogP contribution in [0.15, 0.2) is 18.2 Å². The number of hydrogen-bond acceptors (Lipinski definition) is 4. The molecule has 1 heterocycles. The van der Waals surface area contributed by atoms with Crippen LogP contribution < -0.4 is 11.1 Å². The van der Waals surface area contributed by atoms with Crippen molar-refractivity contribution in [2.24, 2.45) is 5.73 Å². The number of nitriles is 1. The van der Waals surface area contributed by atoms with Crippen LogP contribution in [-0.2, 0) is 11.3 Å². The van der Waals surface area contributed by atoms with Crippen molar-refractivity contribution in [3.05, 3.63) is 35.1 Å². The van der Waals surface area contributed by atoms with E-state index in [0.717, 1.165) is 25.9 Å². The number of carbonyl (C=O) groups excluding carboxylic acids is 1. The number of rotatable bonds is 5. The lowest BCUT2D eigenvalue weighted by molar-refractivity contribution is -0.120. The second-order valence-corrected chi connectivity index (χ2v) is 5.31. The normalized spacial score (nSPS) is 15.9. The van der Waals surface area contributed by atoms with E-state index in [1.165, 1.54) is 12.1 Å². The number of piperidine rings is 1. The molecule has 1 fully saturated rings. The molecule has 0 aliphatic carbocycles. The van der Waals surface area contributed by atoms with Crippen molar-refractivity contribution in [1.29, 1.82) is 5.26 Å². The van der Waals surface area contributed by atoms with Crippen LogP contribution in [0, 0.1) is 17.1 Å². The van der Waals surface area contributed by atoms with Crippen LogP contribution in [0.1, 0.15) is 24.0 Å². The Morgan fingerprint density at radius 1 is 1.43 bits per heavy atom. The molecule has 0 radical (unpaired) electrons. The van der Waals surface area contributed by atoms with Gasteiger partial charge in [0.1, 0.15) is 5.82 Å². The van der Waals surface area contributed by atoms with Crippen LogP contribution in [0.2, 0.25) is 0 Å². The Hall–Kier alpha value is -1.97. The number of nitrogens with two attached hydrogens (primary N) is 1. The van der Waals surface area contributed by atoms with Gasteiger partial charge in [-0.2, -0.15) is 5.26 Å². The van der Waals surface area contributed by atoms with E-state index >= 15 is 0 Å². The summed E-state index contributed by atoms with van der Waals surface area (Å²) in [7, 11) is 0. The summed E-state index contributed by atoms with van der Waals surface area (Å²) in [4.78, 5) is 13.2. The molecule has 0 unspecified atom stereocenters. The molecular weight excluding hydrogens is 271 g/mol. The van der Waals surface area contributed by atoms with E-state index < -0.39 is 11.7 Å². The lowest BCUT2D eigenvalue weighted by atomic mass is 10.0. The number of nitrogens with zero attached hydrogens (tertiary/aromatic N) is 2. The van der Waals surface area contributed by atoms with E-state index in [9.17, 15) is 9.18 Å². The summed E-state index contributed by atoms with van der Waals surface area (Å²) in [6.45, 7) is 2.35. The molecule has 1 amide bonds. The lowest BCUT2D eigenvalue weighted by Crippen LogP contribution is -2.46. The Morgan fingerprint density at radius 3 is 2.76 bits per heavy atom. The summed E-state index contributed by atoms with van der Waals surface area (Å²) in [6, 6.07) is 6.44. The van der Waals surface area contributed by atoms with Gasteiger partial charge in [-0.15, -0.1) is 0 Å². The Bertz CT molecular complexity index is 549. The predicted molar refractivity (Wildman–Crippen MR) is 76.6 cm³/mol. The fourth-order valence-electron chi connectivity index (χ4n) is 2.73. The minimum Gasteiger partial charge on any atom is -0.369 e. The maximum atomic E-state index is 13.5. The molecule has 3 N–H and O–H groups in total.